The van der Waals surface area contributed by atoms with Crippen LogP contribution < -0.4 is 0 Å². The van der Waals surface area contributed by atoms with Crippen LogP contribution in [0.5, 0.6) is 0 Å². The van der Waals surface area contributed by atoms with Crippen LogP contribution in [0, 0.1) is 11.3 Å². The zero-order chi connectivity index (χ0) is 9.84. The highest BCUT2D eigenvalue weighted by Gasteiger charge is 2.03. The Balaban J connectivity index is 3.18. The number of rotatable bonds is 1. The van der Waals surface area contributed by atoms with E-state index in [0.29, 0.717) is 15.6 Å². The SMILES string of the molecule is N#C/C=C(/Cl)c1ccc(Br)cc1Cl. The second-order valence-electron chi connectivity index (χ2n) is 2.25. The van der Waals surface area contributed by atoms with Gasteiger partial charge in [0.2, 0.25) is 0 Å². The zero-order valence-corrected chi connectivity index (χ0v) is 9.49. The van der Waals surface area contributed by atoms with Gasteiger partial charge in [0.1, 0.15) is 0 Å². The van der Waals surface area contributed by atoms with Gasteiger partial charge in [-0.15, -0.1) is 0 Å². The lowest BCUT2D eigenvalue weighted by Crippen LogP contribution is -1.79. The summed E-state index contributed by atoms with van der Waals surface area (Å²) in [7, 11) is 0. The van der Waals surface area contributed by atoms with Gasteiger partial charge in [-0.25, -0.2) is 0 Å². The molecule has 1 nitrogen and oxygen atoms in total. The van der Waals surface area contributed by atoms with E-state index in [1.807, 2.05) is 12.1 Å². The molecule has 0 bridgehead atoms. The second-order valence-corrected chi connectivity index (χ2v) is 3.98. The van der Waals surface area contributed by atoms with E-state index in [2.05, 4.69) is 15.9 Å². The van der Waals surface area contributed by atoms with Crippen molar-refractivity contribution in [3.05, 3.63) is 39.3 Å². The number of hydrogen-bond acceptors (Lipinski definition) is 1. The van der Waals surface area contributed by atoms with Crippen molar-refractivity contribution < 1.29 is 0 Å². The maximum atomic E-state index is 8.38. The lowest BCUT2D eigenvalue weighted by atomic mass is 10.2. The van der Waals surface area contributed by atoms with E-state index in [4.69, 9.17) is 28.5 Å². The molecular weight excluding hydrogens is 273 g/mol. The second kappa shape index (κ2) is 4.66. The molecule has 1 aromatic rings. The summed E-state index contributed by atoms with van der Waals surface area (Å²) in [6, 6.07) is 7.14. The van der Waals surface area contributed by atoms with Crippen LogP contribution in [-0.4, -0.2) is 0 Å². The molecule has 0 saturated carbocycles. The van der Waals surface area contributed by atoms with Gasteiger partial charge in [-0.3, -0.25) is 0 Å². The quantitative estimate of drug-likeness (QED) is 0.705. The molecule has 0 N–H and O–H groups in total. The molecule has 0 fully saturated rings. The van der Waals surface area contributed by atoms with E-state index >= 15 is 0 Å². The minimum absolute atomic E-state index is 0.347. The van der Waals surface area contributed by atoms with E-state index in [-0.39, 0.29) is 0 Å². The highest BCUT2D eigenvalue weighted by Crippen LogP contribution is 2.29. The first-order chi connectivity index (χ1) is 6.15. The topological polar surface area (TPSA) is 23.8 Å². The summed E-state index contributed by atoms with van der Waals surface area (Å²) in [4.78, 5) is 0. The molecule has 4 heteroatoms. The Morgan fingerprint density at radius 3 is 2.77 bits per heavy atom. The molecule has 0 saturated heterocycles. The van der Waals surface area contributed by atoms with Crippen LogP contribution in [0.2, 0.25) is 5.02 Å². The molecule has 0 radical (unpaired) electrons. The van der Waals surface area contributed by atoms with E-state index < -0.39 is 0 Å². The van der Waals surface area contributed by atoms with Crippen molar-refractivity contribution in [3.8, 4) is 6.07 Å². The van der Waals surface area contributed by atoms with Gasteiger partial charge in [-0.1, -0.05) is 45.2 Å². The number of nitriles is 1. The standard InChI is InChI=1S/C9H4BrCl2N/c10-6-1-2-7(9(12)5-6)8(11)3-4-13/h1-3,5H/b8-3+. The highest BCUT2D eigenvalue weighted by atomic mass is 79.9. The maximum Gasteiger partial charge on any atom is 0.0927 e. The van der Waals surface area contributed by atoms with Crippen molar-refractivity contribution in [2.24, 2.45) is 0 Å². The van der Waals surface area contributed by atoms with Gasteiger partial charge >= 0.3 is 0 Å². The molecule has 0 unspecified atom stereocenters. The van der Waals surface area contributed by atoms with Crippen LogP contribution in [0.15, 0.2) is 28.7 Å². The number of halogens is 3. The summed E-state index contributed by atoms with van der Waals surface area (Å²) in [5.41, 5.74) is 0.660. The Bertz CT molecular complexity index is 393. The molecule has 0 aliphatic carbocycles. The van der Waals surface area contributed by atoms with Crippen LogP contribution in [0.25, 0.3) is 5.03 Å². The Morgan fingerprint density at radius 2 is 2.23 bits per heavy atom. The van der Waals surface area contributed by atoms with Gasteiger partial charge in [-0.2, -0.15) is 5.26 Å². The normalized spacial score (nSPS) is 11.1. The third-order valence-electron chi connectivity index (χ3n) is 1.38. The van der Waals surface area contributed by atoms with Gasteiger partial charge in [0.05, 0.1) is 16.1 Å². The predicted molar refractivity (Wildman–Crippen MR) is 58.6 cm³/mol. The summed E-state index contributed by atoms with van der Waals surface area (Å²) >= 11 is 15.0. The Labute approximate surface area is 94.7 Å². The van der Waals surface area contributed by atoms with Crippen molar-refractivity contribution in [2.75, 3.05) is 0 Å². The molecular formula is C9H4BrCl2N. The molecule has 0 amide bonds. The minimum Gasteiger partial charge on any atom is -0.193 e. The monoisotopic (exact) mass is 275 g/mol. The molecule has 0 aliphatic heterocycles. The number of allylic oxidation sites excluding steroid dienone is 1. The van der Waals surface area contributed by atoms with Crippen molar-refractivity contribution in [3.63, 3.8) is 0 Å². The van der Waals surface area contributed by atoms with Crippen LogP contribution in [0.1, 0.15) is 5.56 Å². The number of hydrogen-bond donors (Lipinski definition) is 0. The summed E-state index contributed by atoms with van der Waals surface area (Å²) in [6.45, 7) is 0. The highest BCUT2D eigenvalue weighted by molar-refractivity contribution is 9.10. The van der Waals surface area contributed by atoms with Crippen LogP contribution in [-0.2, 0) is 0 Å². The predicted octanol–water partition coefficient (Wildman–Crippen LogP) is 4.21. The lowest BCUT2D eigenvalue weighted by Gasteiger charge is -2.01. The van der Waals surface area contributed by atoms with Crippen LogP contribution in [0.4, 0.5) is 0 Å². The Hall–Kier alpha value is -0.490. The number of nitrogens with zero attached hydrogens (tertiary/aromatic N) is 1. The first-order valence-corrected chi connectivity index (χ1v) is 4.90. The van der Waals surface area contributed by atoms with E-state index in [1.54, 1.807) is 12.1 Å². The largest absolute Gasteiger partial charge is 0.193 e. The van der Waals surface area contributed by atoms with E-state index in [1.165, 1.54) is 6.08 Å². The summed E-state index contributed by atoms with van der Waals surface area (Å²) in [5, 5.41) is 9.25. The van der Waals surface area contributed by atoms with Crippen molar-refractivity contribution in [2.45, 2.75) is 0 Å². The average molecular weight is 277 g/mol. The molecule has 13 heavy (non-hydrogen) atoms. The Kier molecular flexibility index (Phi) is 3.80. The van der Waals surface area contributed by atoms with Gasteiger partial charge in [0.15, 0.2) is 0 Å². The van der Waals surface area contributed by atoms with Gasteiger partial charge in [0, 0.05) is 16.1 Å². The summed E-state index contributed by atoms with van der Waals surface area (Å²) in [5.74, 6) is 0. The Morgan fingerprint density at radius 1 is 1.54 bits per heavy atom. The third kappa shape index (κ3) is 2.73. The minimum atomic E-state index is 0.347. The first-order valence-electron chi connectivity index (χ1n) is 3.36. The van der Waals surface area contributed by atoms with Gasteiger partial charge in [-0.05, 0) is 12.1 Å². The van der Waals surface area contributed by atoms with Crippen molar-refractivity contribution in [1.82, 2.24) is 0 Å². The first kappa shape index (κ1) is 10.6. The molecule has 1 aromatic carbocycles. The smallest absolute Gasteiger partial charge is 0.0927 e. The van der Waals surface area contributed by atoms with Crippen molar-refractivity contribution in [1.29, 1.82) is 5.26 Å². The zero-order valence-electron chi connectivity index (χ0n) is 6.39. The van der Waals surface area contributed by atoms with Gasteiger partial charge in [0.25, 0.3) is 0 Å². The fraction of sp³-hybridized carbons (Fsp3) is 0. The van der Waals surface area contributed by atoms with Crippen LogP contribution in [0.3, 0.4) is 0 Å². The molecule has 66 valence electrons. The summed E-state index contributed by atoms with van der Waals surface area (Å²) in [6.07, 6.45) is 1.25. The number of benzene rings is 1. The fourth-order valence-corrected chi connectivity index (χ4v) is 1.85. The van der Waals surface area contributed by atoms with E-state index in [9.17, 15) is 0 Å². The molecule has 1 rings (SSSR count). The molecule has 0 aliphatic rings. The lowest BCUT2D eigenvalue weighted by molar-refractivity contribution is 1.53. The molecule has 0 aromatic heterocycles. The van der Waals surface area contributed by atoms with Crippen molar-refractivity contribution >= 4 is 44.2 Å². The maximum absolute atomic E-state index is 8.38. The molecule has 0 spiro atoms. The molecule has 0 heterocycles. The average Bonchev–Trinajstić information content (AvgIpc) is 2.04. The molecule has 0 atom stereocenters. The summed E-state index contributed by atoms with van der Waals surface area (Å²) < 4.78 is 0.877. The third-order valence-corrected chi connectivity index (χ3v) is 2.50. The fourth-order valence-electron chi connectivity index (χ4n) is 0.818. The van der Waals surface area contributed by atoms with Crippen LogP contribution >= 0.6 is 39.1 Å². The van der Waals surface area contributed by atoms with Gasteiger partial charge < -0.3 is 0 Å². The van der Waals surface area contributed by atoms with E-state index in [0.717, 1.165) is 4.47 Å².